The lowest BCUT2D eigenvalue weighted by molar-refractivity contribution is 0.352. The van der Waals surface area contributed by atoms with E-state index in [4.69, 9.17) is 5.84 Å². The molecule has 1 aromatic heterocycles. The fraction of sp³-hybridized carbons (Fsp3) is 0.438. The average molecular weight is 349 g/mol. The van der Waals surface area contributed by atoms with Gasteiger partial charge in [0.2, 0.25) is 0 Å². The predicted octanol–water partition coefficient (Wildman–Crippen LogP) is 2.98. The lowest BCUT2D eigenvalue weighted by Gasteiger charge is -2.24. The van der Waals surface area contributed by atoms with E-state index in [2.05, 4.69) is 62.3 Å². The number of hydrogen-bond donors (Lipinski definition) is 2. The number of rotatable bonds is 5. The fourth-order valence-electron chi connectivity index (χ4n) is 3.34. The molecule has 1 aliphatic carbocycles. The summed E-state index contributed by atoms with van der Waals surface area (Å²) in [4.78, 5) is 0. The quantitative estimate of drug-likeness (QED) is 0.645. The van der Waals surface area contributed by atoms with E-state index >= 15 is 0 Å². The Balaban J connectivity index is 1.89. The standard InChI is InChI=1S/C16H21BrN4/c1-2-7-21-16(14(17)10-19-21)15(20-18)13-8-11-5-3-4-6-12(11)9-13/h3-6,10,13,15,20H,2,7-9,18H2,1H3. The second-order valence-corrected chi connectivity index (χ2v) is 6.54. The second-order valence-electron chi connectivity index (χ2n) is 5.68. The van der Waals surface area contributed by atoms with Crippen molar-refractivity contribution >= 4 is 15.9 Å². The monoisotopic (exact) mass is 348 g/mol. The Morgan fingerprint density at radius 1 is 1.38 bits per heavy atom. The van der Waals surface area contributed by atoms with Crippen LogP contribution in [-0.4, -0.2) is 9.78 Å². The van der Waals surface area contributed by atoms with E-state index in [0.717, 1.165) is 36.0 Å². The van der Waals surface area contributed by atoms with E-state index in [1.54, 1.807) is 0 Å². The van der Waals surface area contributed by atoms with Crippen LogP contribution in [0.15, 0.2) is 34.9 Å². The van der Waals surface area contributed by atoms with Crippen molar-refractivity contribution in [1.29, 1.82) is 0 Å². The van der Waals surface area contributed by atoms with Gasteiger partial charge in [0.15, 0.2) is 0 Å². The number of nitrogens with one attached hydrogen (secondary N) is 1. The van der Waals surface area contributed by atoms with Crippen molar-refractivity contribution in [3.63, 3.8) is 0 Å². The first kappa shape index (κ1) is 14.8. The summed E-state index contributed by atoms with van der Waals surface area (Å²) in [6.07, 6.45) is 5.06. The van der Waals surface area contributed by atoms with Gasteiger partial charge in [-0.2, -0.15) is 5.10 Å². The smallest absolute Gasteiger partial charge is 0.0712 e. The summed E-state index contributed by atoms with van der Waals surface area (Å²) < 4.78 is 3.10. The van der Waals surface area contributed by atoms with Crippen molar-refractivity contribution in [2.45, 2.75) is 38.8 Å². The Bertz CT molecular complexity index is 597. The lowest BCUT2D eigenvalue weighted by atomic mass is 9.94. The molecule has 4 nitrogen and oxygen atoms in total. The molecule has 0 bridgehead atoms. The highest BCUT2D eigenvalue weighted by Crippen LogP contribution is 2.37. The molecular weight excluding hydrogens is 328 g/mol. The number of hydrogen-bond acceptors (Lipinski definition) is 3. The van der Waals surface area contributed by atoms with Crippen molar-refractivity contribution in [1.82, 2.24) is 15.2 Å². The molecule has 0 spiro atoms. The minimum absolute atomic E-state index is 0.112. The molecule has 112 valence electrons. The molecule has 0 saturated carbocycles. The summed E-state index contributed by atoms with van der Waals surface area (Å²) in [6.45, 7) is 3.08. The van der Waals surface area contributed by atoms with Crippen LogP contribution in [0.25, 0.3) is 0 Å². The van der Waals surface area contributed by atoms with Gasteiger partial charge in [0.25, 0.3) is 0 Å². The molecule has 21 heavy (non-hydrogen) atoms. The van der Waals surface area contributed by atoms with E-state index < -0.39 is 0 Å². The summed E-state index contributed by atoms with van der Waals surface area (Å²) in [6, 6.07) is 8.79. The van der Waals surface area contributed by atoms with Gasteiger partial charge in [0.05, 0.1) is 22.4 Å². The van der Waals surface area contributed by atoms with Gasteiger partial charge in [-0.1, -0.05) is 31.2 Å². The van der Waals surface area contributed by atoms with Crippen LogP contribution >= 0.6 is 15.9 Å². The van der Waals surface area contributed by atoms with E-state index in [9.17, 15) is 0 Å². The molecule has 5 heteroatoms. The van der Waals surface area contributed by atoms with Crippen LogP contribution in [0.1, 0.15) is 36.2 Å². The van der Waals surface area contributed by atoms with Gasteiger partial charge >= 0.3 is 0 Å². The first-order valence-electron chi connectivity index (χ1n) is 7.48. The van der Waals surface area contributed by atoms with Crippen LogP contribution in [0.2, 0.25) is 0 Å². The molecule has 0 fully saturated rings. The molecule has 0 aliphatic heterocycles. The summed E-state index contributed by atoms with van der Waals surface area (Å²) in [7, 11) is 0. The third kappa shape index (κ3) is 2.78. The SMILES string of the molecule is CCCn1ncc(Br)c1C(NN)C1Cc2ccccc2C1. The molecule has 1 aliphatic rings. The predicted molar refractivity (Wildman–Crippen MR) is 87.6 cm³/mol. The van der Waals surface area contributed by atoms with Crippen molar-refractivity contribution < 1.29 is 0 Å². The van der Waals surface area contributed by atoms with Gasteiger partial charge in [-0.25, -0.2) is 0 Å². The zero-order chi connectivity index (χ0) is 14.8. The third-order valence-electron chi connectivity index (χ3n) is 4.30. The Morgan fingerprint density at radius 2 is 2.05 bits per heavy atom. The van der Waals surface area contributed by atoms with Gasteiger partial charge in [-0.15, -0.1) is 0 Å². The first-order chi connectivity index (χ1) is 10.2. The van der Waals surface area contributed by atoms with Crippen molar-refractivity contribution in [3.8, 4) is 0 Å². The number of aromatic nitrogens is 2. The highest BCUT2D eigenvalue weighted by Gasteiger charge is 2.32. The molecule has 0 saturated heterocycles. The Labute approximate surface area is 133 Å². The summed E-state index contributed by atoms with van der Waals surface area (Å²) in [5, 5.41) is 4.47. The minimum Gasteiger partial charge on any atom is -0.271 e. The Morgan fingerprint density at radius 3 is 2.62 bits per heavy atom. The molecule has 3 rings (SSSR count). The van der Waals surface area contributed by atoms with E-state index in [0.29, 0.717) is 5.92 Å². The zero-order valence-electron chi connectivity index (χ0n) is 12.2. The van der Waals surface area contributed by atoms with Gasteiger partial charge in [0.1, 0.15) is 0 Å². The highest BCUT2D eigenvalue weighted by atomic mass is 79.9. The lowest BCUT2D eigenvalue weighted by Crippen LogP contribution is -2.36. The minimum atomic E-state index is 0.112. The van der Waals surface area contributed by atoms with Gasteiger partial charge in [-0.3, -0.25) is 16.0 Å². The molecule has 3 N–H and O–H groups in total. The molecule has 0 radical (unpaired) electrons. The van der Waals surface area contributed by atoms with Crippen LogP contribution in [0.3, 0.4) is 0 Å². The number of fused-ring (bicyclic) bond motifs is 1. The summed E-state index contributed by atoms with van der Waals surface area (Å²) in [5.41, 5.74) is 7.08. The van der Waals surface area contributed by atoms with Crippen LogP contribution in [0, 0.1) is 5.92 Å². The molecule has 1 unspecified atom stereocenters. The van der Waals surface area contributed by atoms with Crippen molar-refractivity contribution in [2.24, 2.45) is 11.8 Å². The maximum Gasteiger partial charge on any atom is 0.0712 e. The number of benzene rings is 1. The van der Waals surface area contributed by atoms with E-state index in [1.807, 2.05) is 6.20 Å². The maximum atomic E-state index is 5.90. The topological polar surface area (TPSA) is 55.9 Å². The average Bonchev–Trinajstić information content (AvgIpc) is 3.06. The zero-order valence-corrected chi connectivity index (χ0v) is 13.8. The number of nitrogens with zero attached hydrogens (tertiary/aromatic N) is 2. The largest absolute Gasteiger partial charge is 0.271 e. The van der Waals surface area contributed by atoms with Gasteiger partial charge in [-0.05, 0) is 52.2 Å². The summed E-state index contributed by atoms with van der Waals surface area (Å²) >= 11 is 3.63. The summed E-state index contributed by atoms with van der Waals surface area (Å²) in [5.74, 6) is 6.37. The number of hydrazine groups is 1. The normalized spacial score (nSPS) is 16.1. The fourth-order valence-corrected chi connectivity index (χ4v) is 3.88. The second kappa shape index (κ2) is 6.30. The van der Waals surface area contributed by atoms with Crippen molar-refractivity contribution in [2.75, 3.05) is 0 Å². The Kier molecular flexibility index (Phi) is 4.42. The number of nitrogens with two attached hydrogens (primary N) is 1. The maximum absolute atomic E-state index is 5.90. The van der Waals surface area contributed by atoms with Crippen LogP contribution < -0.4 is 11.3 Å². The molecule has 1 aromatic carbocycles. The molecule has 0 amide bonds. The Hall–Kier alpha value is -1.17. The van der Waals surface area contributed by atoms with Gasteiger partial charge < -0.3 is 0 Å². The molecule has 1 heterocycles. The highest BCUT2D eigenvalue weighted by molar-refractivity contribution is 9.10. The van der Waals surface area contributed by atoms with Crippen molar-refractivity contribution in [3.05, 3.63) is 51.8 Å². The van der Waals surface area contributed by atoms with E-state index in [-0.39, 0.29) is 6.04 Å². The van der Waals surface area contributed by atoms with Gasteiger partial charge in [0, 0.05) is 6.54 Å². The number of aryl methyl sites for hydroxylation is 1. The third-order valence-corrected chi connectivity index (χ3v) is 4.91. The first-order valence-corrected chi connectivity index (χ1v) is 8.28. The van der Waals surface area contributed by atoms with E-state index in [1.165, 1.54) is 11.1 Å². The van der Waals surface area contributed by atoms with Crippen LogP contribution in [-0.2, 0) is 19.4 Å². The molecule has 2 aromatic rings. The van der Waals surface area contributed by atoms with Crippen LogP contribution in [0.4, 0.5) is 0 Å². The number of halogens is 1. The van der Waals surface area contributed by atoms with Crippen LogP contribution in [0.5, 0.6) is 0 Å². The molecular formula is C16H21BrN4. The molecule has 1 atom stereocenters.